The second kappa shape index (κ2) is 5.39. The van der Waals surface area contributed by atoms with Gasteiger partial charge in [-0.15, -0.1) is 0 Å². The molecule has 0 fully saturated rings. The van der Waals surface area contributed by atoms with Crippen molar-refractivity contribution in [2.75, 3.05) is 7.11 Å². The first-order chi connectivity index (χ1) is 6.29. The monoisotopic (exact) mass is 210 g/mol. The first-order valence-corrected chi connectivity index (χ1v) is 4.55. The van der Waals surface area contributed by atoms with Crippen LogP contribution in [0.25, 0.3) is 0 Å². The quantitative estimate of drug-likeness (QED) is 0.645. The fourth-order valence-electron chi connectivity index (χ4n) is 1.05. The van der Waals surface area contributed by atoms with Gasteiger partial charge in [0.2, 0.25) is 0 Å². The SMILES string of the molecule is COC(C/C=C(\C)C(F)(F)F)C(C)C. The predicted molar refractivity (Wildman–Crippen MR) is 50.1 cm³/mol. The lowest BCUT2D eigenvalue weighted by atomic mass is 10.0. The molecule has 0 heterocycles. The molecule has 0 aromatic carbocycles. The molecule has 0 amide bonds. The van der Waals surface area contributed by atoms with E-state index in [1.807, 2.05) is 13.8 Å². The number of ether oxygens (including phenoxy) is 1. The number of halogens is 3. The fourth-order valence-corrected chi connectivity index (χ4v) is 1.05. The largest absolute Gasteiger partial charge is 0.412 e. The van der Waals surface area contributed by atoms with Crippen LogP contribution in [0.1, 0.15) is 27.2 Å². The van der Waals surface area contributed by atoms with Gasteiger partial charge in [-0.25, -0.2) is 0 Å². The van der Waals surface area contributed by atoms with Crippen LogP contribution in [-0.2, 0) is 4.74 Å². The lowest BCUT2D eigenvalue weighted by Gasteiger charge is -2.17. The summed E-state index contributed by atoms with van der Waals surface area (Å²) in [4.78, 5) is 0. The van der Waals surface area contributed by atoms with Crippen molar-refractivity contribution in [3.05, 3.63) is 11.6 Å². The Morgan fingerprint density at radius 2 is 1.86 bits per heavy atom. The molecule has 0 bridgehead atoms. The molecule has 1 atom stereocenters. The van der Waals surface area contributed by atoms with Crippen molar-refractivity contribution in [1.82, 2.24) is 0 Å². The van der Waals surface area contributed by atoms with Crippen LogP contribution in [0.15, 0.2) is 11.6 Å². The average Bonchev–Trinajstić information content (AvgIpc) is 2.02. The van der Waals surface area contributed by atoms with E-state index in [0.717, 1.165) is 6.92 Å². The highest BCUT2D eigenvalue weighted by atomic mass is 19.4. The van der Waals surface area contributed by atoms with Gasteiger partial charge in [-0.2, -0.15) is 13.2 Å². The van der Waals surface area contributed by atoms with Crippen LogP contribution in [0, 0.1) is 5.92 Å². The van der Waals surface area contributed by atoms with Crippen LogP contribution in [0.5, 0.6) is 0 Å². The minimum Gasteiger partial charge on any atom is -0.381 e. The summed E-state index contributed by atoms with van der Waals surface area (Å²) >= 11 is 0. The van der Waals surface area contributed by atoms with Gasteiger partial charge in [0.15, 0.2) is 0 Å². The van der Waals surface area contributed by atoms with Gasteiger partial charge in [0.05, 0.1) is 6.10 Å². The van der Waals surface area contributed by atoms with Gasteiger partial charge in [0.25, 0.3) is 0 Å². The molecule has 0 rings (SSSR count). The molecule has 4 heteroatoms. The Kier molecular flexibility index (Phi) is 5.19. The van der Waals surface area contributed by atoms with Crippen molar-refractivity contribution in [2.45, 2.75) is 39.5 Å². The van der Waals surface area contributed by atoms with Gasteiger partial charge in [0, 0.05) is 12.7 Å². The van der Waals surface area contributed by atoms with E-state index in [1.54, 1.807) is 0 Å². The summed E-state index contributed by atoms with van der Waals surface area (Å²) in [7, 11) is 1.52. The zero-order valence-electron chi connectivity index (χ0n) is 8.98. The Labute approximate surface area is 82.9 Å². The molecule has 0 spiro atoms. The summed E-state index contributed by atoms with van der Waals surface area (Å²) in [6.07, 6.45) is -2.87. The number of methoxy groups -OCH3 is 1. The summed E-state index contributed by atoms with van der Waals surface area (Å²) in [5.41, 5.74) is -0.555. The molecule has 0 aromatic heterocycles. The molecule has 14 heavy (non-hydrogen) atoms. The van der Waals surface area contributed by atoms with Crippen molar-refractivity contribution >= 4 is 0 Å². The van der Waals surface area contributed by atoms with Crippen LogP contribution in [0.2, 0.25) is 0 Å². The van der Waals surface area contributed by atoms with E-state index in [0.29, 0.717) is 6.42 Å². The van der Waals surface area contributed by atoms with E-state index < -0.39 is 11.7 Å². The summed E-state index contributed by atoms with van der Waals surface area (Å²) < 4.78 is 41.3. The molecular formula is C10H17F3O. The maximum Gasteiger partial charge on any atom is 0.412 e. The maximum absolute atomic E-state index is 12.1. The number of alkyl halides is 3. The topological polar surface area (TPSA) is 9.23 Å². The number of hydrogen-bond donors (Lipinski definition) is 0. The number of rotatable bonds is 4. The number of hydrogen-bond acceptors (Lipinski definition) is 1. The third-order valence-corrected chi connectivity index (χ3v) is 2.15. The van der Waals surface area contributed by atoms with E-state index in [-0.39, 0.29) is 12.0 Å². The van der Waals surface area contributed by atoms with Gasteiger partial charge >= 0.3 is 6.18 Å². The molecule has 0 saturated heterocycles. The van der Waals surface area contributed by atoms with Crippen molar-refractivity contribution in [3.63, 3.8) is 0 Å². The molecule has 0 aromatic rings. The molecule has 0 N–H and O–H groups in total. The first-order valence-electron chi connectivity index (χ1n) is 4.55. The van der Waals surface area contributed by atoms with E-state index in [2.05, 4.69) is 0 Å². The van der Waals surface area contributed by atoms with Gasteiger partial charge in [-0.3, -0.25) is 0 Å². The first kappa shape index (κ1) is 13.5. The highest BCUT2D eigenvalue weighted by molar-refractivity contribution is 5.05. The Morgan fingerprint density at radius 3 is 2.14 bits per heavy atom. The molecule has 0 radical (unpaired) electrons. The molecule has 0 saturated carbocycles. The molecule has 0 aliphatic carbocycles. The minimum atomic E-state index is -4.21. The van der Waals surface area contributed by atoms with Crippen molar-refractivity contribution in [3.8, 4) is 0 Å². The van der Waals surface area contributed by atoms with Crippen LogP contribution >= 0.6 is 0 Å². The average molecular weight is 210 g/mol. The maximum atomic E-state index is 12.1. The molecule has 0 aliphatic heterocycles. The lowest BCUT2D eigenvalue weighted by molar-refractivity contribution is -0.0918. The van der Waals surface area contributed by atoms with Gasteiger partial charge in [0.1, 0.15) is 0 Å². The third-order valence-electron chi connectivity index (χ3n) is 2.15. The van der Waals surface area contributed by atoms with E-state index in [1.165, 1.54) is 13.2 Å². The number of allylic oxidation sites excluding steroid dienone is 1. The highest BCUT2D eigenvalue weighted by Gasteiger charge is 2.29. The van der Waals surface area contributed by atoms with Gasteiger partial charge in [-0.1, -0.05) is 19.9 Å². The van der Waals surface area contributed by atoms with Crippen LogP contribution in [0.4, 0.5) is 13.2 Å². The van der Waals surface area contributed by atoms with Crippen molar-refractivity contribution < 1.29 is 17.9 Å². The second-order valence-electron chi connectivity index (χ2n) is 3.64. The Bertz CT molecular complexity index is 194. The standard InChI is InChI=1S/C10H17F3O/c1-7(2)9(14-4)6-5-8(3)10(11,12)13/h5,7,9H,6H2,1-4H3/b8-5+. The van der Waals surface area contributed by atoms with Crippen LogP contribution in [-0.4, -0.2) is 19.4 Å². The fraction of sp³-hybridized carbons (Fsp3) is 0.800. The minimum absolute atomic E-state index is 0.146. The molecule has 84 valence electrons. The van der Waals surface area contributed by atoms with E-state index in [9.17, 15) is 13.2 Å². The molecule has 0 aliphatic rings. The molecule has 1 nitrogen and oxygen atoms in total. The smallest absolute Gasteiger partial charge is 0.381 e. The zero-order valence-corrected chi connectivity index (χ0v) is 8.98. The zero-order chi connectivity index (χ0) is 11.4. The third kappa shape index (κ3) is 4.65. The van der Waals surface area contributed by atoms with Gasteiger partial charge in [-0.05, 0) is 19.3 Å². The second-order valence-corrected chi connectivity index (χ2v) is 3.64. The summed E-state index contributed by atoms with van der Waals surface area (Å²) in [5, 5.41) is 0. The van der Waals surface area contributed by atoms with Crippen LogP contribution in [0.3, 0.4) is 0 Å². The Hall–Kier alpha value is -0.510. The van der Waals surface area contributed by atoms with Gasteiger partial charge < -0.3 is 4.74 Å². The molecule has 1 unspecified atom stereocenters. The lowest BCUT2D eigenvalue weighted by Crippen LogP contribution is -2.18. The Morgan fingerprint density at radius 1 is 1.36 bits per heavy atom. The normalized spacial score (nSPS) is 16.1. The van der Waals surface area contributed by atoms with E-state index in [4.69, 9.17) is 4.74 Å². The van der Waals surface area contributed by atoms with Crippen LogP contribution < -0.4 is 0 Å². The highest BCUT2D eigenvalue weighted by Crippen LogP contribution is 2.26. The summed E-state index contributed by atoms with van der Waals surface area (Å²) in [5.74, 6) is 0.220. The molecular weight excluding hydrogens is 193 g/mol. The predicted octanol–water partition coefficient (Wildman–Crippen LogP) is 3.56. The summed E-state index contributed by atoms with van der Waals surface area (Å²) in [6, 6.07) is 0. The van der Waals surface area contributed by atoms with Crippen molar-refractivity contribution in [1.29, 1.82) is 0 Å². The van der Waals surface area contributed by atoms with Crippen molar-refractivity contribution in [2.24, 2.45) is 5.92 Å². The Balaban J connectivity index is 4.26. The summed E-state index contributed by atoms with van der Waals surface area (Å²) in [6.45, 7) is 4.92. The van der Waals surface area contributed by atoms with E-state index >= 15 is 0 Å².